The summed E-state index contributed by atoms with van der Waals surface area (Å²) in [4.78, 5) is 0. The Labute approximate surface area is 66.7 Å². The minimum absolute atomic E-state index is 0.605. The van der Waals surface area contributed by atoms with Crippen molar-refractivity contribution in [3.8, 4) is 0 Å². The van der Waals surface area contributed by atoms with Gasteiger partial charge in [-0.25, -0.2) is 0 Å². The fraction of sp³-hybridized carbons (Fsp3) is 0.556. The summed E-state index contributed by atoms with van der Waals surface area (Å²) in [6, 6.07) is 2.09. The highest BCUT2D eigenvalue weighted by Crippen LogP contribution is 2.38. The maximum absolute atomic E-state index is 4.14. The van der Waals surface area contributed by atoms with Crippen LogP contribution in [0.1, 0.15) is 43.4 Å². The van der Waals surface area contributed by atoms with Crippen molar-refractivity contribution in [3.63, 3.8) is 0 Å². The van der Waals surface area contributed by atoms with Crippen molar-refractivity contribution in [3.05, 3.63) is 23.5 Å². The Kier molecular flexibility index (Phi) is 1.41. The molecule has 0 saturated heterocycles. The number of aromatic nitrogens is 2. The first-order valence-corrected chi connectivity index (χ1v) is 4.10. The van der Waals surface area contributed by atoms with Crippen LogP contribution in [-0.4, -0.2) is 10.2 Å². The molecule has 2 rings (SSSR count). The molecule has 0 bridgehead atoms. The first kappa shape index (κ1) is 6.77. The quantitative estimate of drug-likeness (QED) is 0.563. The van der Waals surface area contributed by atoms with Crippen molar-refractivity contribution in [2.24, 2.45) is 0 Å². The summed E-state index contributed by atoms with van der Waals surface area (Å²) in [5, 5.41) is 8.03. The molecule has 0 aliphatic heterocycles. The molecule has 1 aliphatic rings. The van der Waals surface area contributed by atoms with Crippen LogP contribution in [0.25, 0.3) is 0 Å². The third-order valence-electron chi connectivity index (χ3n) is 2.49. The SMILES string of the molecule is CC1CC(C)c2nnccc21. The minimum atomic E-state index is 0.605. The van der Waals surface area contributed by atoms with Crippen LogP contribution in [0.2, 0.25) is 0 Å². The average molecular weight is 148 g/mol. The van der Waals surface area contributed by atoms with Gasteiger partial charge in [-0.3, -0.25) is 0 Å². The number of hydrogen-bond acceptors (Lipinski definition) is 2. The van der Waals surface area contributed by atoms with Gasteiger partial charge in [0.05, 0.1) is 5.69 Å². The van der Waals surface area contributed by atoms with E-state index in [0.29, 0.717) is 11.8 Å². The monoisotopic (exact) mass is 148 g/mol. The molecular weight excluding hydrogens is 136 g/mol. The minimum Gasteiger partial charge on any atom is -0.159 e. The van der Waals surface area contributed by atoms with Crippen molar-refractivity contribution in [2.45, 2.75) is 32.1 Å². The van der Waals surface area contributed by atoms with Gasteiger partial charge in [0.1, 0.15) is 0 Å². The lowest BCUT2D eigenvalue weighted by molar-refractivity contribution is 0.652. The van der Waals surface area contributed by atoms with Crippen molar-refractivity contribution < 1.29 is 0 Å². The number of hydrogen-bond donors (Lipinski definition) is 0. The Hall–Kier alpha value is -0.920. The zero-order chi connectivity index (χ0) is 7.84. The largest absolute Gasteiger partial charge is 0.159 e. The third-order valence-corrected chi connectivity index (χ3v) is 2.49. The second kappa shape index (κ2) is 2.29. The molecule has 58 valence electrons. The smallest absolute Gasteiger partial charge is 0.0694 e. The van der Waals surface area contributed by atoms with Gasteiger partial charge in [0.15, 0.2) is 0 Å². The van der Waals surface area contributed by atoms with Crippen LogP contribution in [0.5, 0.6) is 0 Å². The Morgan fingerprint density at radius 1 is 1.36 bits per heavy atom. The highest BCUT2D eigenvalue weighted by molar-refractivity contribution is 5.30. The van der Waals surface area contributed by atoms with E-state index in [-0.39, 0.29) is 0 Å². The highest BCUT2D eigenvalue weighted by atomic mass is 15.1. The van der Waals surface area contributed by atoms with E-state index in [4.69, 9.17) is 0 Å². The molecule has 0 saturated carbocycles. The molecule has 0 N–H and O–H groups in total. The van der Waals surface area contributed by atoms with Gasteiger partial charge >= 0.3 is 0 Å². The second-order valence-electron chi connectivity index (χ2n) is 3.41. The summed E-state index contributed by atoms with van der Waals surface area (Å²) in [6.45, 7) is 4.47. The Bertz CT molecular complexity index is 243. The van der Waals surface area contributed by atoms with E-state index in [2.05, 4.69) is 30.1 Å². The maximum Gasteiger partial charge on any atom is 0.0694 e. The molecule has 2 unspecified atom stereocenters. The van der Waals surface area contributed by atoms with E-state index in [1.165, 1.54) is 17.7 Å². The molecule has 0 aromatic carbocycles. The van der Waals surface area contributed by atoms with Crippen LogP contribution < -0.4 is 0 Å². The Balaban J connectivity index is 2.52. The molecule has 0 spiro atoms. The van der Waals surface area contributed by atoms with E-state index in [1.54, 1.807) is 6.20 Å². The fourth-order valence-corrected chi connectivity index (χ4v) is 1.92. The summed E-state index contributed by atoms with van der Waals surface area (Å²) in [7, 11) is 0. The van der Waals surface area contributed by atoms with Crippen molar-refractivity contribution in [1.82, 2.24) is 10.2 Å². The third kappa shape index (κ3) is 0.934. The molecule has 0 fully saturated rings. The van der Waals surface area contributed by atoms with Gasteiger partial charge in [-0.2, -0.15) is 10.2 Å². The standard InChI is InChI=1S/C9H12N2/c1-6-5-7(2)9-8(6)3-4-10-11-9/h3-4,6-7H,5H2,1-2H3. The Morgan fingerprint density at radius 2 is 2.18 bits per heavy atom. The number of rotatable bonds is 0. The molecule has 0 amide bonds. The summed E-state index contributed by atoms with van der Waals surface area (Å²) in [5.41, 5.74) is 2.60. The van der Waals surface area contributed by atoms with Gasteiger partial charge in [-0.1, -0.05) is 13.8 Å². The lowest BCUT2D eigenvalue weighted by atomic mass is 10.1. The number of fused-ring (bicyclic) bond motifs is 1. The fourth-order valence-electron chi connectivity index (χ4n) is 1.92. The maximum atomic E-state index is 4.14. The molecule has 11 heavy (non-hydrogen) atoms. The summed E-state index contributed by atoms with van der Waals surface area (Å²) in [5.74, 6) is 1.28. The normalized spacial score (nSPS) is 28.5. The summed E-state index contributed by atoms with van der Waals surface area (Å²) in [6.07, 6.45) is 3.02. The molecule has 0 radical (unpaired) electrons. The van der Waals surface area contributed by atoms with Gasteiger partial charge in [0.2, 0.25) is 0 Å². The molecule has 1 aliphatic carbocycles. The van der Waals surface area contributed by atoms with Crippen LogP contribution in [-0.2, 0) is 0 Å². The molecule has 1 aromatic heterocycles. The zero-order valence-corrected chi connectivity index (χ0v) is 6.91. The molecule has 1 aromatic rings. The van der Waals surface area contributed by atoms with Gasteiger partial charge in [0.25, 0.3) is 0 Å². The van der Waals surface area contributed by atoms with E-state index in [0.717, 1.165) is 0 Å². The van der Waals surface area contributed by atoms with Crippen LogP contribution in [0.4, 0.5) is 0 Å². The van der Waals surface area contributed by atoms with E-state index in [1.807, 2.05) is 0 Å². The lowest BCUT2D eigenvalue weighted by Crippen LogP contribution is -1.93. The predicted octanol–water partition coefficient (Wildman–Crippen LogP) is 2.09. The molecular formula is C9H12N2. The summed E-state index contributed by atoms with van der Waals surface area (Å²) < 4.78 is 0. The predicted molar refractivity (Wildman–Crippen MR) is 43.5 cm³/mol. The van der Waals surface area contributed by atoms with Crippen LogP contribution in [0.3, 0.4) is 0 Å². The van der Waals surface area contributed by atoms with Crippen LogP contribution >= 0.6 is 0 Å². The Morgan fingerprint density at radius 3 is 2.91 bits per heavy atom. The average Bonchev–Trinajstić information content (AvgIpc) is 2.30. The molecule has 2 nitrogen and oxygen atoms in total. The van der Waals surface area contributed by atoms with Crippen molar-refractivity contribution >= 4 is 0 Å². The molecule has 1 heterocycles. The topological polar surface area (TPSA) is 25.8 Å². The molecule has 2 heteroatoms. The van der Waals surface area contributed by atoms with Gasteiger partial charge in [-0.05, 0) is 24.0 Å². The van der Waals surface area contributed by atoms with Gasteiger partial charge < -0.3 is 0 Å². The van der Waals surface area contributed by atoms with E-state index < -0.39 is 0 Å². The van der Waals surface area contributed by atoms with Crippen LogP contribution in [0.15, 0.2) is 12.3 Å². The van der Waals surface area contributed by atoms with E-state index in [9.17, 15) is 0 Å². The van der Waals surface area contributed by atoms with Gasteiger partial charge in [-0.15, -0.1) is 0 Å². The zero-order valence-electron chi connectivity index (χ0n) is 6.91. The van der Waals surface area contributed by atoms with Crippen molar-refractivity contribution in [2.75, 3.05) is 0 Å². The number of nitrogens with zero attached hydrogens (tertiary/aromatic N) is 2. The second-order valence-corrected chi connectivity index (χ2v) is 3.41. The first-order valence-electron chi connectivity index (χ1n) is 4.10. The highest BCUT2D eigenvalue weighted by Gasteiger charge is 2.25. The molecule has 2 atom stereocenters. The van der Waals surface area contributed by atoms with Crippen molar-refractivity contribution in [1.29, 1.82) is 0 Å². The first-order chi connectivity index (χ1) is 5.29. The van der Waals surface area contributed by atoms with E-state index >= 15 is 0 Å². The van der Waals surface area contributed by atoms with Gasteiger partial charge in [0, 0.05) is 12.1 Å². The van der Waals surface area contributed by atoms with Crippen LogP contribution in [0, 0.1) is 0 Å². The lowest BCUT2D eigenvalue weighted by Gasteiger charge is -1.99. The summed E-state index contributed by atoms with van der Waals surface area (Å²) >= 11 is 0.